The standard InChI is InChI=1S/C24H29N3O2/c1-16-12-13-21(14-17(16)2)24(29)27-26-18(3)20-10-7-11-22(15-20)25-23(28)19-8-5-4-6-9-19/h7,10-15,19H,4-6,8-9H2,1-3H3,(H,25,28)(H,27,29)/b26-18-. The van der Waals surface area contributed by atoms with Gasteiger partial charge in [0.2, 0.25) is 5.91 Å². The maximum absolute atomic E-state index is 12.5. The summed E-state index contributed by atoms with van der Waals surface area (Å²) < 4.78 is 0. The number of nitrogens with zero attached hydrogens (tertiary/aromatic N) is 1. The molecule has 2 aromatic rings. The van der Waals surface area contributed by atoms with E-state index >= 15 is 0 Å². The Bertz CT molecular complexity index is 927. The van der Waals surface area contributed by atoms with Crippen LogP contribution in [0.1, 0.15) is 66.1 Å². The van der Waals surface area contributed by atoms with Crippen molar-refractivity contribution >= 4 is 23.2 Å². The van der Waals surface area contributed by atoms with E-state index in [1.807, 2.05) is 57.2 Å². The van der Waals surface area contributed by atoms with Crippen molar-refractivity contribution in [2.45, 2.75) is 52.9 Å². The van der Waals surface area contributed by atoms with Crippen LogP contribution in [0.2, 0.25) is 0 Å². The first-order valence-electron chi connectivity index (χ1n) is 10.3. The molecule has 2 aromatic carbocycles. The summed E-state index contributed by atoms with van der Waals surface area (Å²) in [6.07, 6.45) is 5.42. The quantitative estimate of drug-likeness (QED) is 0.558. The zero-order valence-corrected chi connectivity index (χ0v) is 17.4. The van der Waals surface area contributed by atoms with Gasteiger partial charge in [0.05, 0.1) is 5.71 Å². The summed E-state index contributed by atoms with van der Waals surface area (Å²) in [5.41, 5.74) is 7.70. The van der Waals surface area contributed by atoms with Gasteiger partial charge in [-0.1, -0.05) is 37.5 Å². The Kier molecular flexibility index (Phi) is 6.81. The second-order valence-electron chi connectivity index (χ2n) is 7.84. The summed E-state index contributed by atoms with van der Waals surface area (Å²) in [6.45, 7) is 5.83. The van der Waals surface area contributed by atoms with Crippen molar-refractivity contribution in [3.05, 3.63) is 64.7 Å². The fourth-order valence-electron chi connectivity index (χ4n) is 3.58. The Balaban J connectivity index is 1.64. The van der Waals surface area contributed by atoms with Crippen LogP contribution in [-0.2, 0) is 4.79 Å². The highest BCUT2D eigenvalue weighted by molar-refractivity contribution is 6.02. The lowest BCUT2D eigenvalue weighted by molar-refractivity contribution is -0.120. The second kappa shape index (κ2) is 9.50. The van der Waals surface area contributed by atoms with Gasteiger partial charge >= 0.3 is 0 Å². The predicted molar refractivity (Wildman–Crippen MR) is 117 cm³/mol. The van der Waals surface area contributed by atoms with Crippen LogP contribution < -0.4 is 10.7 Å². The van der Waals surface area contributed by atoms with Crippen LogP contribution in [0.15, 0.2) is 47.6 Å². The number of amides is 2. The Hall–Kier alpha value is -2.95. The zero-order valence-electron chi connectivity index (χ0n) is 17.4. The minimum absolute atomic E-state index is 0.0967. The molecular formula is C24H29N3O2. The summed E-state index contributed by atoms with van der Waals surface area (Å²) in [4.78, 5) is 24.8. The summed E-state index contributed by atoms with van der Waals surface area (Å²) in [5.74, 6) is -0.0342. The third kappa shape index (κ3) is 5.53. The molecular weight excluding hydrogens is 362 g/mol. The zero-order chi connectivity index (χ0) is 20.8. The van der Waals surface area contributed by atoms with Gasteiger partial charge in [0.1, 0.15) is 0 Å². The van der Waals surface area contributed by atoms with Gasteiger partial charge in [0, 0.05) is 17.2 Å². The number of rotatable bonds is 5. The lowest BCUT2D eigenvalue weighted by Crippen LogP contribution is -2.24. The molecule has 1 fully saturated rings. The van der Waals surface area contributed by atoms with E-state index in [4.69, 9.17) is 0 Å². The van der Waals surface area contributed by atoms with E-state index in [2.05, 4.69) is 15.8 Å². The molecule has 0 spiro atoms. The van der Waals surface area contributed by atoms with Crippen LogP contribution in [-0.4, -0.2) is 17.5 Å². The summed E-state index contributed by atoms with van der Waals surface area (Å²) in [7, 11) is 0. The molecule has 0 aliphatic heterocycles. The minimum Gasteiger partial charge on any atom is -0.326 e. The maximum Gasteiger partial charge on any atom is 0.271 e. The minimum atomic E-state index is -0.241. The molecule has 152 valence electrons. The molecule has 0 unspecified atom stereocenters. The number of hydrogen-bond donors (Lipinski definition) is 2. The van der Waals surface area contributed by atoms with E-state index < -0.39 is 0 Å². The molecule has 0 bridgehead atoms. The molecule has 2 amide bonds. The predicted octanol–water partition coefficient (Wildman–Crippen LogP) is 4.98. The average molecular weight is 392 g/mol. The third-order valence-corrected chi connectivity index (χ3v) is 5.62. The van der Waals surface area contributed by atoms with Crippen molar-refractivity contribution in [3.63, 3.8) is 0 Å². The number of hydrazone groups is 1. The molecule has 2 N–H and O–H groups in total. The van der Waals surface area contributed by atoms with E-state index in [-0.39, 0.29) is 17.7 Å². The van der Waals surface area contributed by atoms with E-state index in [0.29, 0.717) is 11.3 Å². The normalized spacial score (nSPS) is 15.1. The lowest BCUT2D eigenvalue weighted by Gasteiger charge is -2.20. The number of nitrogens with one attached hydrogen (secondary N) is 2. The Morgan fingerprint density at radius 3 is 2.41 bits per heavy atom. The van der Waals surface area contributed by atoms with Crippen LogP contribution in [0, 0.1) is 19.8 Å². The van der Waals surface area contributed by atoms with Crippen LogP contribution >= 0.6 is 0 Å². The molecule has 0 atom stereocenters. The first kappa shape index (κ1) is 20.8. The number of carbonyl (C=O) groups is 2. The molecule has 0 radical (unpaired) electrons. The number of anilines is 1. The van der Waals surface area contributed by atoms with Crippen LogP contribution in [0.4, 0.5) is 5.69 Å². The van der Waals surface area contributed by atoms with E-state index in [0.717, 1.165) is 48.1 Å². The van der Waals surface area contributed by atoms with Crippen molar-refractivity contribution in [3.8, 4) is 0 Å². The molecule has 3 rings (SSSR count). The summed E-state index contributed by atoms with van der Waals surface area (Å²) >= 11 is 0. The van der Waals surface area contributed by atoms with Gasteiger partial charge in [-0.25, -0.2) is 5.43 Å². The Morgan fingerprint density at radius 1 is 0.931 bits per heavy atom. The molecule has 0 saturated heterocycles. The Morgan fingerprint density at radius 2 is 1.69 bits per heavy atom. The van der Waals surface area contributed by atoms with E-state index in [9.17, 15) is 9.59 Å². The van der Waals surface area contributed by atoms with Gasteiger partial charge in [0.15, 0.2) is 0 Å². The fraction of sp³-hybridized carbons (Fsp3) is 0.375. The van der Waals surface area contributed by atoms with Gasteiger partial charge in [-0.05, 0) is 74.6 Å². The van der Waals surface area contributed by atoms with Crippen molar-refractivity contribution < 1.29 is 9.59 Å². The summed E-state index contributed by atoms with van der Waals surface area (Å²) in [5, 5.41) is 7.27. The number of carbonyl (C=O) groups excluding carboxylic acids is 2. The number of aryl methyl sites for hydroxylation is 2. The Labute approximate surface area is 172 Å². The molecule has 5 heteroatoms. The average Bonchev–Trinajstić information content (AvgIpc) is 2.74. The maximum atomic E-state index is 12.5. The van der Waals surface area contributed by atoms with Crippen molar-refractivity contribution in [1.82, 2.24) is 5.43 Å². The highest BCUT2D eigenvalue weighted by Crippen LogP contribution is 2.25. The molecule has 29 heavy (non-hydrogen) atoms. The molecule has 1 aliphatic carbocycles. The highest BCUT2D eigenvalue weighted by atomic mass is 16.2. The molecule has 1 saturated carbocycles. The van der Waals surface area contributed by atoms with Gasteiger partial charge in [-0.2, -0.15) is 5.10 Å². The summed E-state index contributed by atoms with van der Waals surface area (Å²) in [6, 6.07) is 13.2. The smallest absolute Gasteiger partial charge is 0.271 e. The van der Waals surface area contributed by atoms with Gasteiger partial charge < -0.3 is 5.32 Å². The first-order chi connectivity index (χ1) is 13.9. The molecule has 5 nitrogen and oxygen atoms in total. The van der Waals surface area contributed by atoms with Crippen molar-refractivity contribution in [1.29, 1.82) is 0 Å². The number of benzene rings is 2. The van der Waals surface area contributed by atoms with Gasteiger partial charge in [-0.15, -0.1) is 0 Å². The van der Waals surface area contributed by atoms with Crippen molar-refractivity contribution in [2.75, 3.05) is 5.32 Å². The van der Waals surface area contributed by atoms with E-state index in [1.54, 1.807) is 6.07 Å². The molecule has 1 aliphatic rings. The van der Waals surface area contributed by atoms with Crippen LogP contribution in [0.3, 0.4) is 0 Å². The molecule has 0 aromatic heterocycles. The topological polar surface area (TPSA) is 70.6 Å². The lowest BCUT2D eigenvalue weighted by atomic mass is 9.88. The van der Waals surface area contributed by atoms with Crippen molar-refractivity contribution in [2.24, 2.45) is 11.0 Å². The first-order valence-corrected chi connectivity index (χ1v) is 10.3. The number of hydrogen-bond acceptors (Lipinski definition) is 3. The highest BCUT2D eigenvalue weighted by Gasteiger charge is 2.21. The van der Waals surface area contributed by atoms with Gasteiger partial charge in [-0.3, -0.25) is 9.59 Å². The SMILES string of the molecule is C/C(=N/NC(=O)c1ccc(C)c(C)c1)c1cccc(NC(=O)C2CCCCC2)c1. The fourth-order valence-corrected chi connectivity index (χ4v) is 3.58. The van der Waals surface area contributed by atoms with Crippen LogP contribution in [0.5, 0.6) is 0 Å². The molecule has 0 heterocycles. The third-order valence-electron chi connectivity index (χ3n) is 5.62. The largest absolute Gasteiger partial charge is 0.326 e. The van der Waals surface area contributed by atoms with Gasteiger partial charge in [0.25, 0.3) is 5.91 Å². The van der Waals surface area contributed by atoms with Crippen LogP contribution in [0.25, 0.3) is 0 Å². The second-order valence-corrected chi connectivity index (χ2v) is 7.84. The monoisotopic (exact) mass is 391 g/mol. The van der Waals surface area contributed by atoms with E-state index in [1.165, 1.54) is 6.42 Å².